The van der Waals surface area contributed by atoms with Gasteiger partial charge >= 0.3 is 6.01 Å². The second kappa shape index (κ2) is 10.3. The van der Waals surface area contributed by atoms with Crippen LogP contribution in [0.5, 0.6) is 6.01 Å². The monoisotopic (exact) mass is 587 g/mol. The molecule has 0 radical (unpaired) electrons. The Labute approximate surface area is 249 Å². The average molecular weight is 588 g/mol. The fraction of sp³-hybridized carbons (Fsp3) is 0.471. The minimum Gasteiger partial charge on any atom is -0.461 e. The Morgan fingerprint density at radius 2 is 1.86 bits per heavy atom. The molecular weight excluding hydrogens is 551 g/mol. The first-order valence-electron chi connectivity index (χ1n) is 15.7. The molecule has 0 saturated carbocycles. The molecule has 43 heavy (non-hydrogen) atoms. The van der Waals surface area contributed by atoms with Gasteiger partial charge in [-0.1, -0.05) is 43.3 Å². The van der Waals surface area contributed by atoms with Gasteiger partial charge in [-0.05, 0) is 66.6 Å². The number of ether oxygens (including phenoxy) is 1. The first-order valence-corrected chi connectivity index (χ1v) is 15.7. The van der Waals surface area contributed by atoms with Gasteiger partial charge in [0.1, 0.15) is 29.9 Å². The molecule has 4 aromatic rings. The summed E-state index contributed by atoms with van der Waals surface area (Å²) in [5, 5.41) is 5.61. The number of alkyl halides is 1. The molecule has 8 rings (SSSR count). The van der Waals surface area contributed by atoms with Gasteiger partial charge in [-0.25, -0.2) is 13.2 Å². The number of benzene rings is 3. The van der Waals surface area contributed by atoms with Crippen LogP contribution in [0.1, 0.15) is 44.6 Å². The highest BCUT2D eigenvalue weighted by molar-refractivity contribution is 6.02. The van der Waals surface area contributed by atoms with Crippen LogP contribution in [-0.2, 0) is 6.42 Å². The Hall–Kier alpha value is -3.43. The van der Waals surface area contributed by atoms with Gasteiger partial charge in [-0.2, -0.15) is 9.97 Å². The van der Waals surface area contributed by atoms with E-state index in [1.807, 2.05) is 37.3 Å². The molecule has 9 heteroatoms. The van der Waals surface area contributed by atoms with Crippen LogP contribution in [0.25, 0.3) is 32.8 Å². The number of hydrogen-bond acceptors (Lipinski definition) is 6. The summed E-state index contributed by atoms with van der Waals surface area (Å²) in [4.78, 5) is 13.8. The highest BCUT2D eigenvalue weighted by Gasteiger charge is 2.49. The number of aryl methyl sites for hydroxylation is 1. The van der Waals surface area contributed by atoms with Gasteiger partial charge in [0.2, 0.25) is 0 Å². The molecule has 1 N–H and O–H groups in total. The van der Waals surface area contributed by atoms with E-state index < -0.39 is 23.3 Å². The minimum atomic E-state index is -0.884. The quantitative estimate of drug-likeness (QED) is 0.291. The topological polar surface area (TPSA) is 53.5 Å². The van der Waals surface area contributed by atoms with Crippen molar-refractivity contribution in [2.24, 2.45) is 0 Å². The lowest BCUT2D eigenvalue weighted by Crippen LogP contribution is -2.52. The highest BCUT2D eigenvalue weighted by Crippen LogP contribution is 2.43. The highest BCUT2D eigenvalue weighted by atomic mass is 19.1. The Morgan fingerprint density at radius 3 is 2.65 bits per heavy atom. The predicted molar refractivity (Wildman–Crippen MR) is 162 cm³/mol. The SMILES string of the molecule is CCc1cccc2cccc(-c3c(F)cc4c(N5C6CCC5CNC6)nc(OC[C@@]56CCCN5C[C@H](F)C6)nc4c3F)c12. The van der Waals surface area contributed by atoms with Crippen LogP contribution in [0.4, 0.5) is 19.0 Å². The summed E-state index contributed by atoms with van der Waals surface area (Å²) in [6.45, 7) is 5.12. The molecule has 1 aromatic heterocycles. The summed E-state index contributed by atoms with van der Waals surface area (Å²) >= 11 is 0. The molecule has 4 aliphatic rings. The summed E-state index contributed by atoms with van der Waals surface area (Å²) in [5.74, 6) is -0.833. The zero-order chi connectivity index (χ0) is 29.3. The number of hydrogen-bond donors (Lipinski definition) is 1. The smallest absolute Gasteiger partial charge is 0.319 e. The maximum atomic E-state index is 16.8. The Kier molecular flexibility index (Phi) is 6.53. The third kappa shape index (κ3) is 4.30. The molecule has 3 aromatic carbocycles. The van der Waals surface area contributed by atoms with E-state index in [0.29, 0.717) is 29.7 Å². The van der Waals surface area contributed by atoms with E-state index in [1.54, 1.807) is 6.07 Å². The second-order valence-corrected chi connectivity index (χ2v) is 12.8. The van der Waals surface area contributed by atoms with Crippen molar-refractivity contribution in [1.82, 2.24) is 20.2 Å². The second-order valence-electron chi connectivity index (χ2n) is 12.8. The number of anilines is 1. The van der Waals surface area contributed by atoms with Crippen LogP contribution in [0, 0.1) is 11.6 Å². The molecule has 4 atom stereocenters. The van der Waals surface area contributed by atoms with Crippen molar-refractivity contribution in [3.8, 4) is 17.1 Å². The van der Waals surface area contributed by atoms with Crippen molar-refractivity contribution < 1.29 is 17.9 Å². The molecule has 6 nitrogen and oxygen atoms in total. The van der Waals surface area contributed by atoms with E-state index in [1.165, 1.54) is 6.07 Å². The largest absolute Gasteiger partial charge is 0.461 e. The maximum Gasteiger partial charge on any atom is 0.319 e. The molecule has 2 unspecified atom stereocenters. The van der Waals surface area contributed by atoms with Gasteiger partial charge in [-0.3, -0.25) is 4.90 Å². The molecular formula is C34H36F3N5O. The van der Waals surface area contributed by atoms with E-state index in [-0.39, 0.29) is 35.8 Å². The third-order valence-corrected chi connectivity index (χ3v) is 10.3. The first kappa shape index (κ1) is 27.1. The molecule has 5 heterocycles. The Morgan fingerprint density at radius 1 is 1.07 bits per heavy atom. The molecule has 4 saturated heterocycles. The molecule has 4 fully saturated rings. The van der Waals surface area contributed by atoms with Crippen molar-refractivity contribution in [1.29, 1.82) is 0 Å². The minimum absolute atomic E-state index is 0.0517. The van der Waals surface area contributed by atoms with Crippen LogP contribution in [0.2, 0.25) is 0 Å². The zero-order valence-electron chi connectivity index (χ0n) is 24.4. The van der Waals surface area contributed by atoms with Crippen molar-refractivity contribution in [2.75, 3.05) is 37.7 Å². The van der Waals surface area contributed by atoms with E-state index >= 15 is 8.78 Å². The van der Waals surface area contributed by atoms with Crippen LogP contribution in [0.3, 0.4) is 0 Å². The molecule has 0 aliphatic carbocycles. The number of rotatable bonds is 6. The van der Waals surface area contributed by atoms with Crippen molar-refractivity contribution in [3.63, 3.8) is 0 Å². The Balaban J connectivity index is 1.30. The number of nitrogens with one attached hydrogen (secondary N) is 1. The molecule has 0 amide bonds. The number of piperazine rings is 1. The fourth-order valence-electron chi connectivity index (χ4n) is 8.36. The van der Waals surface area contributed by atoms with Crippen LogP contribution < -0.4 is 15.0 Å². The van der Waals surface area contributed by atoms with E-state index in [4.69, 9.17) is 9.72 Å². The molecule has 0 spiro atoms. The lowest BCUT2D eigenvalue weighted by Gasteiger charge is -2.37. The van der Waals surface area contributed by atoms with Crippen LogP contribution >= 0.6 is 0 Å². The normalized spacial score (nSPS) is 27.0. The van der Waals surface area contributed by atoms with Gasteiger partial charge in [0.05, 0.1) is 11.1 Å². The summed E-state index contributed by atoms with van der Waals surface area (Å²) in [5.41, 5.74) is 1.11. The number of fused-ring (bicyclic) bond motifs is 5. The van der Waals surface area contributed by atoms with Crippen molar-refractivity contribution >= 4 is 27.5 Å². The number of nitrogens with zero attached hydrogens (tertiary/aromatic N) is 4. The van der Waals surface area contributed by atoms with Crippen molar-refractivity contribution in [3.05, 3.63) is 59.7 Å². The van der Waals surface area contributed by atoms with E-state index in [0.717, 1.165) is 68.1 Å². The lowest BCUT2D eigenvalue weighted by atomic mass is 9.92. The van der Waals surface area contributed by atoms with E-state index in [2.05, 4.69) is 20.1 Å². The van der Waals surface area contributed by atoms with Crippen LogP contribution in [0.15, 0.2) is 42.5 Å². The summed E-state index contributed by atoms with van der Waals surface area (Å²) in [7, 11) is 0. The Bertz CT molecular complexity index is 1710. The predicted octanol–water partition coefficient (Wildman–Crippen LogP) is 6.19. The van der Waals surface area contributed by atoms with Gasteiger partial charge < -0.3 is 15.0 Å². The fourth-order valence-corrected chi connectivity index (χ4v) is 8.36. The lowest BCUT2D eigenvalue weighted by molar-refractivity contribution is 0.107. The molecule has 4 aliphatic heterocycles. The third-order valence-electron chi connectivity index (χ3n) is 10.3. The van der Waals surface area contributed by atoms with Gasteiger partial charge in [0.15, 0.2) is 5.82 Å². The summed E-state index contributed by atoms with van der Waals surface area (Å²) in [6.07, 6.45) is 4.07. The van der Waals surface area contributed by atoms with Crippen LogP contribution in [-0.4, -0.2) is 71.4 Å². The van der Waals surface area contributed by atoms with Crippen molar-refractivity contribution in [2.45, 2.75) is 69.2 Å². The van der Waals surface area contributed by atoms with Gasteiger partial charge in [-0.15, -0.1) is 0 Å². The average Bonchev–Trinajstić information content (AvgIpc) is 3.62. The van der Waals surface area contributed by atoms with Gasteiger partial charge in [0.25, 0.3) is 0 Å². The van der Waals surface area contributed by atoms with E-state index in [9.17, 15) is 4.39 Å². The number of aromatic nitrogens is 2. The summed E-state index contributed by atoms with van der Waals surface area (Å²) in [6, 6.07) is 13.4. The number of halogens is 3. The maximum absolute atomic E-state index is 16.8. The molecule has 2 bridgehead atoms. The zero-order valence-corrected chi connectivity index (χ0v) is 24.4. The van der Waals surface area contributed by atoms with Gasteiger partial charge in [0, 0.05) is 43.5 Å². The first-order chi connectivity index (χ1) is 21.0. The standard InChI is InChI=1S/C34H36F3N5O/c1-2-20-6-3-7-21-8-4-9-25(28(20)21)29-27(36)14-26-31(30(29)37)39-33(40-32(26)42-23-10-11-24(42)17-38-16-23)43-19-34-12-5-13-41(34)18-22(35)15-34/h3-4,6-9,14,22-24,38H,2,5,10-13,15-19H2,1H3/t22-,23?,24?,34+/m1/s1. The summed E-state index contributed by atoms with van der Waals surface area (Å²) < 4.78 is 53.8. The molecule has 224 valence electrons.